The Kier molecular flexibility index (Phi) is 6.36. The second-order valence-electron chi connectivity index (χ2n) is 4.86. The van der Waals surface area contributed by atoms with Gasteiger partial charge in [-0.1, -0.05) is 19.9 Å². The van der Waals surface area contributed by atoms with Gasteiger partial charge in [0.1, 0.15) is 0 Å². The minimum Gasteiger partial charge on any atom is -0.493 e. The zero-order valence-electron chi connectivity index (χ0n) is 13.0. The Morgan fingerprint density at radius 2 is 1.75 bits per heavy atom. The Hall–Kier alpha value is -1.71. The van der Waals surface area contributed by atoms with Crippen LogP contribution >= 0.6 is 0 Å². The monoisotopic (exact) mass is 279 g/mol. The molecule has 1 rings (SSSR count). The summed E-state index contributed by atoms with van der Waals surface area (Å²) in [6, 6.07) is 5.65. The quantitative estimate of drug-likeness (QED) is 0.833. The Bertz CT molecular complexity index is 441. The van der Waals surface area contributed by atoms with Gasteiger partial charge in [-0.3, -0.25) is 4.79 Å². The molecule has 0 aliphatic rings. The van der Waals surface area contributed by atoms with Crippen molar-refractivity contribution in [2.24, 2.45) is 5.92 Å². The van der Waals surface area contributed by atoms with E-state index in [2.05, 4.69) is 5.32 Å². The van der Waals surface area contributed by atoms with Gasteiger partial charge in [0.25, 0.3) is 0 Å². The molecule has 0 aliphatic heterocycles. The highest BCUT2D eigenvalue weighted by Gasteiger charge is 2.18. The lowest BCUT2D eigenvalue weighted by Crippen LogP contribution is -2.32. The lowest BCUT2D eigenvalue weighted by Gasteiger charge is -2.19. The number of carbonyl (C=O) groups is 1. The average molecular weight is 279 g/mol. The summed E-state index contributed by atoms with van der Waals surface area (Å²) in [6.07, 6.45) is 1.72. The van der Waals surface area contributed by atoms with Crippen LogP contribution in [0.15, 0.2) is 18.2 Å². The predicted molar refractivity (Wildman–Crippen MR) is 80.2 cm³/mol. The number of carbonyl (C=O) groups excluding carboxylic acids is 1. The molecular weight excluding hydrogens is 254 g/mol. The Labute approximate surface area is 121 Å². The average Bonchev–Trinajstić information content (AvgIpc) is 2.47. The van der Waals surface area contributed by atoms with E-state index in [0.29, 0.717) is 11.5 Å². The highest BCUT2D eigenvalue weighted by Crippen LogP contribution is 2.30. The maximum absolute atomic E-state index is 12.1. The van der Waals surface area contributed by atoms with Crippen molar-refractivity contribution in [3.8, 4) is 11.5 Å². The molecule has 0 radical (unpaired) electrons. The molecule has 0 spiro atoms. The largest absolute Gasteiger partial charge is 0.493 e. The van der Waals surface area contributed by atoms with Crippen LogP contribution in [0.4, 0.5) is 0 Å². The number of ether oxygens (including phenoxy) is 2. The molecule has 1 amide bonds. The third kappa shape index (κ3) is 3.89. The zero-order valence-corrected chi connectivity index (χ0v) is 13.0. The number of nitrogens with one attached hydrogen (secondary N) is 1. The minimum absolute atomic E-state index is 0.0529. The smallest absolute Gasteiger partial charge is 0.223 e. The van der Waals surface area contributed by atoms with Crippen LogP contribution in [-0.4, -0.2) is 20.1 Å². The molecule has 0 unspecified atom stereocenters. The third-order valence-corrected chi connectivity index (χ3v) is 3.62. The van der Waals surface area contributed by atoms with Crippen LogP contribution in [0.1, 0.15) is 45.2 Å². The fourth-order valence-electron chi connectivity index (χ4n) is 2.20. The lowest BCUT2D eigenvalue weighted by molar-refractivity contribution is -0.125. The Balaban J connectivity index is 2.82. The van der Waals surface area contributed by atoms with Crippen molar-refractivity contribution in [3.05, 3.63) is 23.8 Å². The number of benzene rings is 1. The van der Waals surface area contributed by atoms with Crippen LogP contribution in [0.3, 0.4) is 0 Å². The molecule has 1 aromatic carbocycles. The number of rotatable bonds is 7. The Morgan fingerprint density at radius 3 is 2.25 bits per heavy atom. The van der Waals surface area contributed by atoms with Crippen molar-refractivity contribution < 1.29 is 14.3 Å². The van der Waals surface area contributed by atoms with Crippen LogP contribution < -0.4 is 14.8 Å². The van der Waals surface area contributed by atoms with Crippen LogP contribution in [0.25, 0.3) is 0 Å². The molecule has 20 heavy (non-hydrogen) atoms. The maximum atomic E-state index is 12.1. The second kappa shape index (κ2) is 7.78. The van der Waals surface area contributed by atoms with E-state index in [1.807, 2.05) is 39.0 Å². The molecule has 0 aromatic heterocycles. The van der Waals surface area contributed by atoms with Crippen molar-refractivity contribution in [2.75, 3.05) is 14.2 Å². The first-order valence-electron chi connectivity index (χ1n) is 7.09. The molecule has 4 heteroatoms. The van der Waals surface area contributed by atoms with Gasteiger partial charge in [0, 0.05) is 5.92 Å². The van der Waals surface area contributed by atoms with Gasteiger partial charge in [-0.25, -0.2) is 0 Å². The van der Waals surface area contributed by atoms with E-state index in [0.717, 1.165) is 18.4 Å². The molecule has 0 saturated heterocycles. The first-order valence-corrected chi connectivity index (χ1v) is 7.09. The molecule has 0 aliphatic carbocycles. The fraction of sp³-hybridized carbons (Fsp3) is 0.562. The van der Waals surface area contributed by atoms with Gasteiger partial charge in [0.05, 0.1) is 20.3 Å². The lowest BCUT2D eigenvalue weighted by atomic mass is 10.0. The van der Waals surface area contributed by atoms with Crippen LogP contribution in [0.2, 0.25) is 0 Å². The molecule has 1 atom stereocenters. The highest BCUT2D eigenvalue weighted by atomic mass is 16.5. The van der Waals surface area contributed by atoms with Crippen molar-refractivity contribution >= 4 is 5.91 Å². The molecule has 1 N–H and O–H groups in total. The van der Waals surface area contributed by atoms with Gasteiger partial charge in [-0.15, -0.1) is 0 Å². The van der Waals surface area contributed by atoms with Gasteiger partial charge in [0.15, 0.2) is 11.5 Å². The molecule has 0 bridgehead atoms. The van der Waals surface area contributed by atoms with Gasteiger partial charge < -0.3 is 14.8 Å². The summed E-state index contributed by atoms with van der Waals surface area (Å²) >= 11 is 0. The van der Waals surface area contributed by atoms with Crippen molar-refractivity contribution in [1.82, 2.24) is 5.32 Å². The maximum Gasteiger partial charge on any atom is 0.223 e. The van der Waals surface area contributed by atoms with Crippen LogP contribution in [0.5, 0.6) is 11.5 Å². The summed E-state index contributed by atoms with van der Waals surface area (Å²) in [5.41, 5.74) is 1.00. The number of hydrogen-bond acceptors (Lipinski definition) is 3. The van der Waals surface area contributed by atoms with Crippen molar-refractivity contribution in [1.29, 1.82) is 0 Å². The van der Waals surface area contributed by atoms with E-state index < -0.39 is 0 Å². The molecule has 1 aromatic rings. The first kappa shape index (κ1) is 16.3. The zero-order chi connectivity index (χ0) is 15.1. The third-order valence-electron chi connectivity index (χ3n) is 3.62. The standard InChI is InChI=1S/C16H25NO3/c1-6-12(7-2)16(18)17-11(3)13-8-9-14(19-4)15(10-13)20-5/h8-12H,6-7H2,1-5H3,(H,17,18)/t11-/m1/s1. The molecule has 0 saturated carbocycles. The first-order chi connectivity index (χ1) is 9.57. The second-order valence-corrected chi connectivity index (χ2v) is 4.86. The van der Waals surface area contributed by atoms with Gasteiger partial charge >= 0.3 is 0 Å². The fourth-order valence-corrected chi connectivity index (χ4v) is 2.20. The van der Waals surface area contributed by atoms with E-state index in [1.165, 1.54) is 0 Å². The predicted octanol–water partition coefficient (Wildman–Crippen LogP) is 3.32. The van der Waals surface area contributed by atoms with E-state index >= 15 is 0 Å². The van der Waals surface area contributed by atoms with Crippen LogP contribution in [0, 0.1) is 5.92 Å². The van der Waals surface area contributed by atoms with E-state index in [9.17, 15) is 4.79 Å². The van der Waals surface area contributed by atoms with Gasteiger partial charge in [-0.05, 0) is 37.5 Å². The SMILES string of the molecule is CCC(CC)C(=O)N[C@H](C)c1ccc(OC)c(OC)c1. The Morgan fingerprint density at radius 1 is 1.15 bits per heavy atom. The summed E-state index contributed by atoms with van der Waals surface area (Å²) < 4.78 is 10.5. The molecule has 0 fully saturated rings. The van der Waals surface area contributed by atoms with Crippen molar-refractivity contribution in [2.45, 2.75) is 39.7 Å². The van der Waals surface area contributed by atoms with Crippen molar-refractivity contribution in [3.63, 3.8) is 0 Å². The normalized spacial score (nSPS) is 12.1. The van der Waals surface area contributed by atoms with Crippen LogP contribution in [-0.2, 0) is 4.79 Å². The molecule has 112 valence electrons. The summed E-state index contributed by atoms with van der Waals surface area (Å²) in [5.74, 6) is 1.55. The van der Waals surface area contributed by atoms with Gasteiger partial charge in [0.2, 0.25) is 5.91 Å². The topological polar surface area (TPSA) is 47.6 Å². The summed E-state index contributed by atoms with van der Waals surface area (Å²) in [7, 11) is 3.21. The number of methoxy groups -OCH3 is 2. The van der Waals surface area contributed by atoms with E-state index in [-0.39, 0.29) is 17.9 Å². The van der Waals surface area contributed by atoms with E-state index in [4.69, 9.17) is 9.47 Å². The molecule has 0 heterocycles. The van der Waals surface area contributed by atoms with Gasteiger partial charge in [-0.2, -0.15) is 0 Å². The molecular formula is C16H25NO3. The van der Waals surface area contributed by atoms with E-state index in [1.54, 1.807) is 14.2 Å². The molecule has 4 nitrogen and oxygen atoms in total. The summed E-state index contributed by atoms with van der Waals surface area (Å²) in [4.78, 5) is 12.1. The summed E-state index contributed by atoms with van der Waals surface area (Å²) in [5, 5.41) is 3.05. The summed E-state index contributed by atoms with van der Waals surface area (Å²) in [6.45, 7) is 6.05. The number of amides is 1. The number of hydrogen-bond donors (Lipinski definition) is 1. The highest BCUT2D eigenvalue weighted by molar-refractivity contribution is 5.79. The minimum atomic E-state index is -0.0529.